The van der Waals surface area contributed by atoms with E-state index in [-0.39, 0.29) is 36.5 Å². The Morgan fingerprint density at radius 2 is 0.929 bits per heavy atom. The summed E-state index contributed by atoms with van der Waals surface area (Å²) in [4.78, 5) is 0. The predicted octanol–water partition coefficient (Wildman–Crippen LogP) is 0.662. The summed E-state index contributed by atoms with van der Waals surface area (Å²) in [6.45, 7) is 11.8. The van der Waals surface area contributed by atoms with Gasteiger partial charge in [-0.2, -0.15) is 18.8 Å². The van der Waals surface area contributed by atoms with E-state index in [9.17, 15) is 0 Å². The largest absolute Gasteiger partial charge is 0.412 e. The molecule has 0 amide bonds. The summed E-state index contributed by atoms with van der Waals surface area (Å²) in [7, 11) is 0. The molecule has 1 radical (unpaired) electrons. The molecule has 4 atom stereocenters. The standard InChI is InChI=1S/C10H19.Ir.3H2O/c1-6-7(2)9(4)10(5)8(6)3;;;;/h6-9H,1-5H3;;3*1H2/q-1;;;;. The average molecular weight is 386 g/mol. The van der Waals surface area contributed by atoms with Crippen LogP contribution in [-0.2, 0) is 20.1 Å². The van der Waals surface area contributed by atoms with E-state index in [0.717, 1.165) is 23.7 Å². The van der Waals surface area contributed by atoms with Crippen molar-refractivity contribution in [1.29, 1.82) is 0 Å². The van der Waals surface area contributed by atoms with Crippen molar-refractivity contribution in [3.8, 4) is 0 Å². The van der Waals surface area contributed by atoms with Gasteiger partial charge in [-0.3, -0.25) is 0 Å². The number of hydrogen-bond donors (Lipinski definition) is 0. The van der Waals surface area contributed by atoms with E-state index in [1.807, 2.05) is 0 Å². The summed E-state index contributed by atoms with van der Waals surface area (Å²) < 4.78 is 0. The maximum atomic E-state index is 2.38. The fourth-order valence-electron chi connectivity index (χ4n) is 2.15. The van der Waals surface area contributed by atoms with E-state index in [0.29, 0.717) is 0 Å². The van der Waals surface area contributed by atoms with E-state index in [1.165, 1.54) is 0 Å². The molecule has 0 bridgehead atoms. The Morgan fingerprint density at radius 3 is 1.00 bits per heavy atom. The van der Waals surface area contributed by atoms with Crippen LogP contribution in [0.3, 0.4) is 0 Å². The molecule has 0 heterocycles. The van der Waals surface area contributed by atoms with Crippen LogP contribution in [0.25, 0.3) is 0 Å². The molecular weight excluding hydrogens is 360 g/mol. The van der Waals surface area contributed by atoms with Crippen molar-refractivity contribution in [2.45, 2.75) is 34.6 Å². The molecule has 1 aliphatic carbocycles. The molecule has 0 spiro atoms. The second kappa shape index (κ2) is 8.81. The van der Waals surface area contributed by atoms with Gasteiger partial charge in [-0.1, -0.05) is 39.5 Å². The molecule has 0 aromatic rings. The van der Waals surface area contributed by atoms with Crippen LogP contribution >= 0.6 is 0 Å². The van der Waals surface area contributed by atoms with Gasteiger partial charge >= 0.3 is 0 Å². The minimum atomic E-state index is 0. The molecule has 4 unspecified atom stereocenters. The SMILES string of the molecule is C[C-]1C(C)C(C)C(C)C1C.O.O.O.[Ir]. The summed E-state index contributed by atoms with van der Waals surface area (Å²) in [5, 5.41) is 0. The minimum Gasteiger partial charge on any atom is -0.412 e. The van der Waals surface area contributed by atoms with Crippen molar-refractivity contribution < 1.29 is 36.5 Å². The van der Waals surface area contributed by atoms with Gasteiger partial charge in [0.25, 0.3) is 0 Å². The van der Waals surface area contributed by atoms with Crippen LogP contribution in [-0.4, -0.2) is 16.4 Å². The smallest absolute Gasteiger partial charge is 0 e. The fourth-order valence-corrected chi connectivity index (χ4v) is 2.15. The fraction of sp³-hybridized carbons (Fsp3) is 0.900. The second-order valence-corrected chi connectivity index (χ2v) is 4.04. The van der Waals surface area contributed by atoms with Gasteiger partial charge in [0.15, 0.2) is 0 Å². The molecule has 6 N–H and O–H groups in total. The molecule has 93 valence electrons. The first-order valence-electron chi connectivity index (χ1n) is 4.39. The molecule has 0 aromatic heterocycles. The van der Waals surface area contributed by atoms with Crippen LogP contribution in [0.15, 0.2) is 0 Å². The van der Waals surface area contributed by atoms with E-state index in [4.69, 9.17) is 0 Å². The first kappa shape index (κ1) is 24.0. The maximum Gasteiger partial charge on any atom is 0 e. The van der Waals surface area contributed by atoms with E-state index in [1.54, 1.807) is 5.92 Å². The van der Waals surface area contributed by atoms with Crippen molar-refractivity contribution in [3.05, 3.63) is 5.92 Å². The van der Waals surface area contributed by atoms with Gasteiger partial charge in [-0.15, -0.1) is 0 Å². The molecule has 1 aliphatic rings. The van der Waals surface area contributed by atoms with Crippen LogP contribution < -0.4 is 0 Å². The van der Waals surface area contributed by atoms with Crippen LogP contribution in [0.5, 0.6) is 0 Å². The third-order valence-corrected chi connectivity index (χ3v) is 3.84. The van der Waals surface area contributed by atoms with Gasteiger partial charge in [0, 0.05) is 20.1 Å². The Labute approximate surface area is 101 Å². The van der Waals surface area contributed by atoms with Gasteiger partial charge < -0.3 is 22.3 Å². The first-order valence-corrected chi connectivity index (χ1v) is 4.39. The van der Waals surface area contributed by atoms with Crippen LogP contribution in [0.1, 0.15) is 34.6 Å². The quantitative estimate of drug-likeness (QED) is 0.548. The van der Waals surface area contributed by atoms with Gasteiger partial charge in [0.2, 0.25) is 0 Å². The minimum absolute atomic E-state index is 0. The van der Waals surface area contributed by atoms with E-state index < -0.39 is 0 Å². The molecular formula is C10H25IrO3-. The molecule has 1 fully saturated rings. The Hall–Kier alpha value is 0.529. The van der Waals surface area contributed by atoms with Crippen LogP contribution in [0.4, 0.5) is 0 Å². The average Bonchev–Trinajstić information content (AvgIpc) is 2.07. The molecule has 1 rings (SSSR count). The Kier molecular flexibility index (Phi) is 15.1. The summed E-state index contributed by atoms with van der Waals surface area (Å²) in [5.74, 6) is 5.21. The van der Waals surface area contributed by atoms with Gasteiger partial charge in [-0.25, -0.2) is 0 Å². The zero-order valence-corrected chi connectivity index (χ0v) is 12.0. The first-order chi connectivity index (χ1) is 4.55. The number of rotatable bonds is 0. The Bertz CT molecular complexity index is 87.7. The summed E-state index contributed by atoms with van der Waals surface area (Å²) in [6.07, 6.45) is 0. The van der Waals surface area contributed by atoms with Gasteiger partial charge in [0.1, 0.15) is 0 Å². The van der Waals surface area contributed by atoms with E-state index >= 15 is 0 Å². The topological polar surface area (TPSA) is 94.5 Å². The van der Waals surface area contributed by atoms with Crippen molar-refractivity contribution in [2.24, 2.45) is 23.7 Å². The molecule has 0 saturated heterocycles. The zero-order valence-electron chi connectivity index (χ0n) is 9.64. The summed E-state index contributed by atoms with van der Waals surface area (Å²) >= 11 is 0. The third kappa shape index (κ3) is 3.95. The molecule has 1 saturated carbocycles. The summed E-state index contributed by atoms with van der Waals surface area (Å²) in [6, 6.07) is 0. The number of hydrogen-bond acceptors (Lipinski definition) is 0. The second-order valence-electron chi connectivity index (χ2n) is 4.04. The molecule has 0 aromatic carbocycles. The maximum absolute atomic E-state index is 2.38. The van der Waals surface area contributed by atoms with Crippen LogP contribution in [0.2, 0.25) is 0 Å². The van der Waals surface area contributed by atoms with Gasteiger partial charge in [0.05, 0.1) is 0 Å². The van der Waals surface area contributed by atoms with Gasteiger partial charge in [-0.05, 0) is 0 Å². The van der Waals surface area contributed by atoms with E-state index in [2.05, 4.69) is 34.6 Å². The Balaban J connectivity index is -0.000000125. The Morgan fingerprint density at radius 1 is 0.714 bits per heavy atom. The molecule has 0 aliphatic heterocycles. The van der Waals surface area contributed by atoms with Crippen molar-refractivity contribution >= 4 is 0 Å². The van der Waals surface area contributed by atoms with Crippen molar-refractivity contribution in [1.82, 2.24) is 0 Å². The molecule has 3 nitrogen and oxygen atoms in total. The third-order valence-electron chi connectivity index (χ3n) is 3.84. The monoisotopic (exact) mass is 386 g/mol. The summed E-state index contributed by atoms with van der Waals surface area (Å²) in [5.41, 5.74) is 0. The van der Waals surface area contributed by atoms with Crippen molar-refractivity contribution in [2.75, 3.05) is 0 Å². The zero-order chi connectivity index (χ0) is 7.89. The normalized spacial score (nSPS) is 35.8. The predicted molar refractivity (Wildman–Crippen MR) is 56.4 cm³/mol. The molecule has 4 heteroatoms. The van der Waals surface area contributed by atoms with Crippen LogP contribution in [0, 0.1) is 29.6 Å². The molecule has 14 heavy (non-hydrogen) atoms. The van der Waals surface area contributed by atoms with Crippen molar-refractivity contribution in [3.63, 3.8) is 0 Å².